The van der Waals surface area contributed by atoms with Gasteiger partial charge in [0, 0.05) is 5.56 Å². The quantitative estimate of drug-likeness (QED) is 0.400. The Bertz CT molecular complexity index is 806. The van der Waals surface area contributed by atoms with Crippen molar-refractivity contribution < 1.29 is 56.2 Å². The van der Waals surface area contributed by atoms with Gasteiger partial charge < -0.3 is 6.16 Å². The second-order valence-electron chi connectivity index (χ2n) is 6.41. The van der Waals surface area contributed by atoms with Crippen LogP contribution in [0.3, 0.4) is 0 Å². The molecule has 0 aromatic heterocycles. The molecular formula is C19H18F6LiO2P. The third-order valence-corrected chi connectivity index (χ3v) is 4.70. The first-order chi connectivity index (χ1) is 12.9. The van der Waals surface area contributed by atoms with Gasteiger partial charge in [0.2, 0.25) is 0 Å². The van der Waals surface area contributed by atoms with Gasteiger partial charge in [-0.25, -0.2) is 0 Å². The molecule has 0 aliphatic heterocycles. The van der Waals surface area contributed by atoms with E-state index in [4.69, 9.17) is 4.74 Å². The number of hydrogen-bond acceptors (Lipinski definition) is 2. The van der Waals surface area contributed by atoms with E-state index in [9.17, 15) is 31.1 Å². The summed E-state index contributed by atoms with van der Waals surface area (Å²) in [6.07, 6.45) is -10.2. The molecule has 0 aliphatic rings. The summed E-state index contributed by atoms with van der Waals surface area (Å²) in [4.78, 5) is 12.4. The summed E-state index contributed by atoms with van der Waals surface area (Å²) in [5.74, 6) is 0.782. The van der Waals surface area contributed by atoms with Gasteiger partial charge >= 0.3 is 31.2 Å². The molecule has 0 bridgehead atoms. The molecule has 0 N–H and O–H groups in total. The first-order valence-electron chi connectivity index (χ1n) is 8.21. The summed E-state index contributed by atoms with van der Waals surface area (Å²) in [5, 5.41) is 0.312. The molecule has 0 saturated heterocycles. The van der Waals surface area contributed by atoms with Crippen molar-refractivity contribution in [3.63, 3.8) is 0 Å². The summed E-state index contributed by atoms with van der Waals surface area (Å²) in [5.41, 5.74) is -5.74. The van der Waals surface area contributed by atoms with Crippen LogP contribution in [0.25, 0.3) is 0 Å². The Morgan fingerprint density at radius 1 is 0.966 bits per heavy atom. The number of halogens is 6. The average molecular weight is 430 g/mol. The monoisotopic (exact) mass is 430 g/mol. The van der Waals surface area contributed by atoms with Gasteiger partial charge in [0.05, 0.1) is 17.7 Å². The molecule has 10 heteroatoms. The van der Waals surface area contributed by atoms with E-state index in [0.717, 1.165) is 0 Å². The SMILES string of the molecule is CC(C)COc1ccc(PC(=O)c2c(C(F)(F)F)cccc2C(F)(F)F)cc1.[H-].[Li+]. The maximum absolute atomic E-state index is 13.2. The third kappa shape index (κ3) is 7.06. The van der Waals surface area contributed by atoms with Crippen LogP contribution in [-0.4, -0.2) is 12.1 Å². The van der Waals surface area contributed by atoms with Crippen molar-refractivity contribution in [1.82, 2.24) is 0 Å². The van der Waals surface area contributed by atoms with Crippen LogP contribution in [0.1, 0.15) is 36.8 Å². The van der Waals surface area contributed by atoms with Crippen molar-refractivity contribution in [2.75, 3.05) is 6.61 Å². The Hall–Kier alpha value is -1.48. The predicted molar refractivity (Wildman–Crippen MR) is 96.6 cm³/mol. The second kappa shape index (κ2) is 10.0. The molecule has 2 aromatic carbocycles. The van der Waals surface area contributed by atoms with Crippen LogP contribution in [0.5, 0.6) is 5.75 Å². The van der Waals surface area contributed by atoms with Gasteiger partial charge in [-0.15, -0.1) is 0 Å². The van der Waals surface area contributed by atoms with E-state index in [-0.39, 0.29) is 26.2 Å². The van der Waals surface area contributed by atoms with E-state index in [1.165, 1.54) is 24.3 Å². The molecule has 1 atom stereocenters. The van der Waals surface area contributed by atoms with E-state index in [2.05, 4.69) is 0 Å². The minimum absolute atomic E-state index is 0. The third-order valence-electron chi connectivity index (χ3n) is 3.60. The molecule has 0 saturated carbocycles. The van der Waals surface area contributed by atoms with Gasteiger partial charge in [0.25, 0.3) is 0 Å². The predicted octanol–water partition coefficient (Wildman–Crippen LogP) is 3.02. The Labute approximate surface area is 179 Å². The molecule has 0 heterocycles. The van der Waals surface area contributed by atoms with Crippen molar-refractivity contribution in [2.24, 2.45) is 5.92 Å². The molecule has 2 aromatic rings. The van der Waals surface area contributed by atoms with E-state index < -0.39 is 43.1 Å². The normalized spacial score (nSPS) is 12.3. The number of benzene rings is 2. The average Bonchev–Trinajstić information content (AvgIpc) is 2.59. The fourth-order valence-electron chi connectivity index (χ4n) is 2.36. The van der Waals surface area contributed by atoms with E-state index in [1.807, 2.05) is 13.8 Å². The summed E-state index contributed by atoms with van der Waals surface area (Å²) in [7, 11) is -0.894. The van der Waals surface area contributed by atoms with Crippen LogP contribution in [0.4, 0.5) is 26.3 Å². The fourth-order valence-corrected chi connectivity index (χ4v) is 3.35. The number of hydrogen-bond donors (Lipinski definition) is 0. The molecule has 0 aliphatic carbocycles. The van der Waals surface area contributed by atoms with Crippen LogP contribution in [0.2, 0.25) is 0 Å². The zero-order valence-electron chi connectivity index (χ0n) is 16.9. The van der Waals surface area contributed by atoms with E-state index in [1.54, 1.807) is 0 Å². The molecule has 2 rings (SSSR count). The summed E-state index contributed by atoms with van der Waals surface area (Å²) in [6.45, 7) is 4.35. The van der Waals surface area contributed by atoms with Crippen molar-refractivity contribution in [3.05, 3.63) is 59.2 Å². The number of carbonyl (C=O) groups is 1. The summed E-state index contributed by atoms with van der Waals surface area (Å²) in [6, 6.07) is 7.57. The maximum atomic E-state index is 13.2. The molecule has 0 fully saturated rings. The molecule has 0 radical (unpaired) electrons. The van der Waals surface area contributed by atoms with Crippen LogP contribution in [0, 0.1) is 5.92 Å². The Balaban J connectivity index is 0.00000420. The molecule has 2 nitrogen and oxygen atoms in total. The largest absolute Gasteiger partial charge is 1.00 e. The second-order valence-corrected chi connectivity index (χ2v) is 7.69. The summed E-state index contributed by atoms with van der Waals surface area (Å²) < 4.78 is 84.6. The Morgan fingerprint density at radius 2 is 1.45 bits per heavy atom. The molecule has 0 spiro atoms. The van der Waals surface area contributed by atoms with Crippen molar-refractivity contribution in [2.45, 2.75) is 26.2 Å². The summed E-state index contributed by atoms with van der Waals surface area (Å²) >= 11 is 0. The van der Waals surface area contributed by atoms with Crippen molar-refractivity contribution >= 4 is 19.4 Å². The van der Waals surface area contributed by atoms with Crippen LogP contribution in [0.15, 0.2) is 42.5 Å². The number of alkyl halides is 6. The van der Waals surface area contributed by atoms with Crippen molar-refractivity contribution in [1.29, 1.82) is 0 Å². The van der Waals surface area contributed by atoms with Crippen molar-refractivity contribution in [3.8, 4) is 5.75 Å². The van der Waals surface area contributed by atoms with Gasteiger partial charge in [0.15, 0.2) is 5.52 Å². The smallest absolute Gasteiger partial charge is 1.00 e. The van der Waals surface area contributed by atoms with E-state index >= 15 is 0 Å². The molecular weight excluding hydrogens is 412 g/mol. The number of carbonyl (C=O) groups excluding carboxylic acids is 1. The molecule has 154 valence electrons. The van der Waals surface area contributed by atoms with Crippen LogP contribution in [-0.2, 0) is 12.4 Å². The Morgan fingerprint density at radius 3 is 1.86 bits per heavy atom. The standard InChI is InChI=1S/C19H17F6O2P.Li.H/c1-11(2)10-27-12-6-8-13(9-7-12)28-17(26)16-14(18(20,21)22)4-3-5-15(16)19(23,24)25;;/h3-9,11,28H,10H2,1-2H3;;/q;+1;-1. The zero-order valence-corrected chi connectivity index (χ0v) is 16.9. The van der Waals surface area contributed by atoms with Gasteiger partial charge in [-0.3, -0.25) is 4.79 Å². The van der Waals surface area contributed by atoms with Gasteiger partial charge in [0.1, 0.15) is 5.75 Å². The Kier molecular flexibility index (Phi) is 8.83. The fraction of sp³-hybridized carbons (Fsp3) is 0.316. The molecule has 1 unspecified atom stereocenters. The topological polar surface area (TPSA) is 26.3 Å². The number of rotatable bonds is 6. The molecule has 0 amide bonds. The maximum Gasteiger partial charge on any atom is 1.00 e. The van der Waals surface area contributed by atoms with Gasteiger partial charge in [-0.2, -0.15) is 26.3 Å². The molecule has 29 heavy (non-hydrogen) atoms. The van der Waals surface area contributed by atoms with Crippen LogP contribution < -0.4 is 28.9 Å². The minimum atomic E-state index is -5.08. The van der Waals surface area contributed by atoms with Gasteiger partial charge in [-0.05, 0) is 44.1 Å². The van der Waals surface area contributed by atoms with E-state index in [0.29, 0.717) is 35.9 Å². The minimum Gasteiger partial charge on any atom is -1.00 e. The zero-order chi connectivity index (χ0) is 21.1. The van der Waals surface area contributed by atoms with Gasteiger partial charge in [-0.1, -0.05) is 32.0 Å². The first-order valence-corrected chi connectivity index (χ1v) is 9.21. The van der Waals surface area contributed by atoms with Crippen LogP contribution >= 0.6 is 8.58 Å². The number of ether oxygens (including phenoxy) is 1. The first kappa shape index (κ1) is 25.6.